The van der Waals surface area contributed by atoms with Crippen LogP contribution < -0.4 is 5.73 Å². The lowest BCUT2D eigenvalue weighted by Crippen LogP contribution is -2.12. The summed E-state index contributed by atoms with van der Waals surface area (Å²) in [4.78, 5) is 1.30. The average molecular weight is 411 g/mol. The van der Waals surface area contributed by atoms with Gasteiger partial charge in [-0.05, 0) is 61.9 Å². The maximum Gasteiger partial charge on any atom is 0.0344 e. The molecule has 102 valence electrons. The molecule has 2 aromatic carbocycles. The van der Waals surface area contributed by atoms with E-state index in [2.05, 4.69) is 79.7 Å². The van der Waals surface area contributed by atoms with Gasteiger partial charge in [0, 0.05) is 26.3 Å². The first kappa shape index (κ1) is 14.3. The maximum atomic E-state index is 6.35. The molecule has 0 aliphatic carbocycles. The van der Waals surface area contributed by atoms with Crippen LogP contribution >= 0.6 is 43.2 Å². The fourth-order valence-corrected chi connectivity index (χ4v) is 4.21. The van der Waals surface area contributed by atoms with Crippen LogP contribution in [0.2, 0.25) is 0 Å². The van der Waals surface area contributed by atoms with Gasteiger partial charge in [-0.15, -0.1) is 11.3 Å². The van der Waals surface area contributed by atoms with E-state index in [1.54, 1.807) is 11.3 Å². The van der Waals surface area contributed by atoms with E-state index in [0.717, 1.165) is 15.4 Å². The Hall–Kier alpha value is -0.680. The molecule has 0 fully saturated rings. The molecule has 0 aliphatic rings. The van der Waals surface area contributed by atoms with Gasteiger partial charge in [-0.2, -0.15) is 0 Å². The van der Waals surface area contributed by atoms with Crippen molar-refractivity contribution in [2.45, 2.75) is 12.5 Å². The highest BCUT2D eigenvalue weighted by Gasteiger charge is 2.11. The predicted octanol–water partition coefficient (Wildman–Crippen LogP) is 5.67. The summed E-state index contributed by atoms with van der Waals surface area (Å²) in [5, 5.41) is 4.54. The minimum absolute atomic E-state index is 0.0259. The molecular weight excluding hydrogens is 398 g/mol. The standard InChI is InChI=1S/C16H13Br2NS/c17-13-4-3-10-7-12(2-1-11(10)8-13)15(19)9-16-14(18)5-6-20-16/h1-8,15H,9,19H2. The normalized spacial score (nSPS) is 12.8. The number of halogens is 2. The summed E-state index contributed by atoms with van der Waals surface area (Å²) in [6, 6.07) is 14.9. The van der Waals surface area contributed by atoms with Crippen molar-refractivity contribution in [1.29, 1.82) is 0 Å². The van der Waals surface area contributed by atoms with E-state index < -0.39 is 0 Å². The Balaban J connectivity index is 1.90. The van der Waals surface area contributed by atoms with Gasteiger partial charge >= 0.3 is 0 Å². The van der Waals surface area contributed by atoms with Crippen molar-refractivity contribution in [2.75, 3.05) is 0 Å². The lowest BCUT2D eigenvalue weighted by Gasteiger charge is -2.12. The van der Waals surface area contributed by atoms with Gasteiger partial charge in [0.25, 0.3) is 0 Å². The summed E-state index contributed by atoms with van der Waals surface area (Å²) >= 11 is 8.81. The number of nitrogens with two attached hydrogens (primary N) is 1. The second-order valence-electron chi connectivity index (χ2n) is 4.75. The monoisotopic (exact) mass is 409 g/mol. The zero-order valence-electron chi connectivity index (χ0n) is 10.6. The fourth-order valence-electron chi connectivity index (χ4n) is 2.25. The largest absolute Gasteiger partial charge is 0.324 e. The number of hydrogen-bond acceptors (Lipinski definition) is 2. The molecule has 0 amide bonds. The number of thiophene rings is 1. The fraction of sp³-hybridized carbons (Fsp3) is 0.125. The predicted molar refractivity (Wildman–Crippen MR) is 94.3 cm³/mol. The van der Waals surface area contributed by atoms with Crippen molar-refractivity contribution < 1.29 is 0 Å². The van der Waals surface area contributed by atoms with Crippen LogP contribution in [0.15, 0.2) is 56.8 Å². The van der Waals surface area contributed by atoms with Crippen LogP contribution in [-0.4, -0.2) is 0 Å². The third-order valence-electron chi connectivity index (χ3n) is 3.35. The van der Waals surface area contributed by atoms with Gasteiger partial charge in [-0.3, -0.25) is 0 Å². The zero-order valence-corrected chi connectivity index (χ0v) is 14.6. The van der Waals surface area contributed by atoms with Gasteiger partial charge in [-0.25, -0.2) is 0 Å². The smallest absolute Gasteiger partial charge is 0.0344 e. The van der Waals surface area contributed by atoms with Gasteiger partial charge in [0.05, 0.1) is 0 Å². The van der Waals surface area contributed by atoms with E-state index in [1.807, 2.05) is 0 Å². The van der Waals surface area contributed by atoms with Crippen LogP contribution in [0, 0.1) is 0 Å². The summed E-state index contributed by atoms with van der Waals surface area (Å²) < 4.78 is 2.26. The Morgan fingerprint density at radius 3 is 2.50 bits per heavy atom. The van der Waals surface area contributed by atoms with Crippen LogP contribution in [0.25, 0.3) is 10.8 Å². The molecule has 1 aromatic heterocycles. The minimum atomic E-state index is 0.0259. The Bertz CT molecular complexity index is 751. The van der Waals surface area contributed by atoms with Gasteiger partial charge in [-0.1, -0.05) is 34.1 Å². The van der Waals surface area contributed by atoms with Crippen LogP contribution in [0.4, 0.5) is 0 Å². The molecule has 20 heavy (non-hydrogen) atoms. The summed E-state index contributed by atoms with van der Waals surface area (Å²) in [7, 11) is 0. The number of benzene rings is 2. The van der Waals surface area contributed by atoms with E-state index in [9.17, 15) is 0 Å². The minimum Gasteiger partial charge on any atom is -0.324 e. The molecule has 1 unspecified atom stereocenters. The van der Waals surface area contributed by atoms with Crippen molar-refractivity contribution in [2.24, 2.45) is 5.73 Å². The molecule has 3 aromatic rings. The van der Waals surface area contributed by atoms with Crippen molar-refractivity contribution >= 4 is 54.0 Å². The highest BCUT2D eigenvalue weighted by molar-refractivity contribution is 9.10. The van der Waals surface area contributed by atoms with Crippen LogP contribution in [0.3, 0.4) is 0 Å². The third-order valence-corrected chi connectivity index (χ3v) is 5.79. The molecule has 0 radical (unpaired) electrons. The van der Waals surface area contributed by atoms with Crippen molar-refractivity contribution in [1.82, 2.24) is 0 Å². The molecule has 0 saturated heterocycles. The first-order chi connectivity index (χ1) is 9.63. The summed E-state index contributed by atoms with van der Waals surface area (Å²) in [6.07, 6.45) is 0.861. The molecule has 1 nitrogen and oxygen atoms in total. The van der Waals surface area contributed by atoms with Crippen LogP contribution in [0.1, 0.15) is 16.5 Å². The Morgan fingerprint density at radius 2 is 1.75 bits per heavy atom. The van der Waals surface area contributed by atoms with Crippen LogP contribution in [-0.2, 0) is 6.42 Å². The van der Waals surface area contributed by atoms with Crippen molar-refractivity contribution in [3.05, 3.63) is 67.2 Å². The molecule has 0 spiro atoms. The van der Waals surface area contributed by atoms with Gasteiger partial charge in [0.1, 0.15) is 0 Å². The Kier molecular flexibility index (Phi) is 4.26. The molecule has 2 N–H and O–H groups in total. The molecule has 3 rings (SSSR count). The quantitative estimate of drug-likeness (QED) is 0.591. The second-order valence-corrected chi connectivity index (χ2v) is 7.52. The molecular formula is C16H13Br2NS. The Labute approximate surface area is 139 Å². The highest BCUT2D eigenvalue weighted by atomic mass is 79.9. The molecule has 0 aliphatic heterocycles. The maximum absolute atomic E-state index is 6.35. The molecule has 0 bridgehead atoms. The summed E-state index contributed by atoms with van der Waals surface area (Å²) in [5.74, 6) is 0. The molecule has 0 saturated carbocycles. The topological polar surface area (TPSA) is 26.0 Å². The molecule has 4 heteroatoms. The zero-order chi connectivity index (χ0) is 14.1. The average Bonchev–Trinajstić information content (AvgIpc) is 2.83. The van der Waals surface area contributed by atoms with E-state index in [4.69, 9.17) is 5.73 Å². The second kappa shape index (κ2) is 5.98. The first-order valence-electron chi connectivity index (χ1n) is 6.30. The lowest BCUT2D eigenvalue weighted by atomic mass is 10.00. The third kappa shape index (κ3) is 2.98. The van der Waals surface area contributed by atoms with E-state index in [0.29, 0.717) is 0 Å². The summed E-state index contributed by atoms with van der Waals surface area (Å²) in [6.45, 7) is 0. The number of fused-ring (bicyclic) bond motifs is 1. The van der Waals surface area contributed by atoms with Gasteiger partial charge in [0.2, 0.25) is 0 Å². The Morgan fingerprint density at radius 1 is 1.00 bits per heavy atom. The molecule has 1 heterocycles. The first-order valence-corrected chi connectivity index (χ1v) is 8.77. The van der Waals surface area contributed by atoms with E-state index >= 15 is 0 Å². The number of rotatable bonds is 3. The SMILES string of the molecule is NC(Cc1sccc1Br)c1ccc2cc(Br)ccc2c1. The van der Waals surface area contributed by atoms with E-state index in [1.165, 1.54) is 21.2 Å². The molecule has 1 atom stereocenters. The number of hydrogen-bond donors (Lipinski definition) is 1. The highest BCUT2D eigenvalue weighted by Crippen LogP contribution is 2.29. The van der Waals surface area contributed by atoms with Gasteiger partial charge in [0.15, 0.2) is 0 Å². The van der Waals surface area contributed by atoms with Gasteiger partial charge < -0.3 is 5.73 Å². The lowest BCUT2D eigenvalue weighted by molar-refractivity contribution is 0.730. The van der Waals surface area contributed by atoms with Crippen molar-refractivity contribution in [3.8, 4) is 0 Å². The van der Waals surface area contributed by atoms with Crippen molar-refractivity contribution in [3.63, 3.8) is 0 Å². The van der Waals surface area contributed by atoms with E-state index in [-0.39, 0.29) is 6.04 Å². The van der Waals surface area contributed by atoms with Crippen LogP contribution in [0.5, 0.6) is 0 Å². The summed E-state index contributed by atoms with van der Waals surface area (Å²) in [5.41, 5.74) is 7.53.